The highest BCUT2D eigenvalue weighted by molar-refractivity contribution is 6.00. The Kier molecular flexibility index (Phi) is 8.12. The van der Waals surface area contributed by atoms with E-state index in [-0.39, 0.29) is 41.7 Å². The van der Waals surface area contributed by atoms with Crippen molar-refractivity contribution in [2.45, 2.75) is 32.1 Å². The van der Waals surface area contributed by atoms with Gasteiger partial charge in [-0.2, -0.15) is 18.3 Å². The fourth-order valence-corrected chi connectivity index (χ4v) is 5.64. The number of rotatable bonds is 7. The van der Waals surface area contributed by atoms with Crippen molar-refractivity contribution in [3.63, 3.8) is 0 Å². The van der Waals surface area contributed by atoms with Crippen molar-refractivity contribution in [3.8, 4) is 17.0 Å². The minimum absolute atomic E-state index is 0.0478. The fourth-order valence-electron chi connectivity index (χ4n) is 5.64. The summed E-state index contributed by atoms with van der Waals surface area (Å²) in [7, 11) is 1.49. The molecule has 2 amide bonds. The molecule has 43 heavy (non-hydrogen) atoms. The average molecular weight is 597 g/mol. The Morgan fingerprint density at radius 1 is 1.16 bits per heavy atom. The zero-order chi connectivity index (χ0) is 31.1. The molecule has 1 saturated heterocycles. The number of aromatic nitrogens is 3. The number of carbonyl (C=O) groups is 2. The standard InChI is InChI=1S/C30H31F3N6O4/c1-17-15-37(24(16-40)20-5-4-6-21(13-20)27(34)41)11-12-38(17)29(42)23-14-35-39-26(30(31,32)33)18(2)25(36-28(23)39)19-7-9-22(43-3)10-8-19/h4-10,13-14,17,24,40H,11-12,15-16H2,1-3H3,(H2,34,41)/t17-,24?/m1/s1. The molecular weight excluding hydrogens is 565 g/mol. The number of piperazine rings is 1. The van der Waals surface area contributed by atoms with Gasteiger partial charge in [-0.15, -0.1) is 0 Å². The number of alkyl halides is 3. The molecule has 3 heterocycles. The van der Waals surface area contributed by atoms with Gasteiger partial charge in [0.25, 0.3) is 5.91 Å². The summed E-state index contributed by atoms with van der Waals surface area (Å²) in [6.45, 7) is 3.91. The van der Waals surface area contributed by atoms with Crippen LogP contribution in [0.3, 0.4) is 0 Å². The highest BCUT2D eigenvalue weighted by Crippen LogP contribution is 2.37. The van der Waals surface area contributed by atoms with Gasteiger partial charge in [-0.1, -0.05) is 12.1 Å². The number of methoxy groups -OCH3 is 1. The molecule has 2 aromatic carbocycles. The predicted octanol–water partition coefficient (Wildman–Crippen LogP) is 3.71. The zero-order valence-corrected chi connectivity index (χ0v) is 23.8. The Morgan fingerprint density at radius 2 is 1.88 bits per heavy atom. The number of carbonyl (C=O) groups excluding carboxylic acids is 2. The van der Waals surface area contributed by atoms with Gasteiger partial charge in [0.2, 0.25) is 5.91 Å². The van der Waals surface area contributed by atoms with Gasteiger partial charge in [-0.3, -0.25) is 14.5 Å². The van der Waals surface area contributed by atoms with Crippen LogP contribution in [0.2, 0.25) is 0 Å². The molecule has 1 fully saturated rings. The molecule has 1 unspecified atom stereocenters. The molecule has 0 bridgehead atoms. The molecule has 0 radical (unpaired) electrons. The van der Waals surface area contributed by atoms with Crippen LogP contribution in [-0.2, 0) is 6.18 Å². The number of aliphatic hydroxyl groups excluding tert-OH is 1. The topological polar surface area (TPSA) is 126 Å². The molecule has 1 aliphatic rings. The number of hydrogen-bond donors (Lipinski definition) is 2. The third kappa shape index (κ3) is 5.65. The van der Waals surface area contributed by atoms with Gasteiger partial charge >= 0.3 is 6.18 Å². The first-order valence-corrected chi connectivity index (χ1v) is 13.6. The Bertz CT molecular complexity index is 1670. The van der Waals surface area contributed by atoms with Crippen LogP contribution in [0.5, 0.6) is 5.75 Å². The fraction of sp³-hybridized carbons (Fsp3) is 0.333. The normalized spacial score (nSPS) is 16.8. The van der Waals surface area contributed by atoms with Crippen LogP contribution in [0.4, 0.5) is 13.2 Å². The van der Waals surface area contributed by atoms with Crippen LogP contribution < -0.4 is 10.5 Å². The summed E-state index contributed by atoms with van der Waals surface area (Å²) in [4.78, 5) is 33.6. The molecule has 5 rings (SSSR count). The van der Waals surface area contributed by atoms with Gasteiger partial charge in [0, 0.05) is 42.4 Å². The molecule has 2 aromatic heterocycles. The maximum atomic E-state index is 14.3. The summed E-state index contributed by atoms with van der Waals surface area (Å²) >= 11 is 0. The number of halogens is 3. The number of amides is 2. The van der Waals surface area contributed by atoms with Gasteiger partial charge in [0.1, 0.15) is 11.3 Å². The second kappa shape index (κ2) is 11.7. The van der Waals surface area contributed by atoms with E-state index in [9.17, 15) is 27.9 Å². The monoisotopic (exact) mass is 596 g/mol. The van der Waals surface area contributed by atoms with Crippen molar-refractivity contribution >= 4 is 17.5 Å². The van der Waals surface area contributed by atoms with Crippen LogP contribution in [0.1, 0.15) is 50.5 Å². The SMILES string of the molecule is COc1ccc(-c2nc3c(C(=O)N4CCN(C(CO)c5cccc(C(N)=O)c5)C[C@H]4C)cnn3c(C(F)(F)F)c2C)cc1. The van der Waals surface area contributed by atoms with E-state index in [0.29, 0.717) is 40.0 Å². The van der Waals surface area contributed by atoms with E-state index in [1.807, 2.05) is 11.8 Å². The highest BCUT2D eigenvalue weighted by atomic mass is 19.4. The maximum absolute atomic E-state index is 14.3. The zero-order valence-electron chi connectivity index (χ0n) is 23.8. The lowest BCUT2D eigenvalue weighted by Gasteiger charge is -2.43. The summed E-state index contributed by atoms with van der Waals surface area (Å²) in [5, 5.41) is 14.2. The summed E-state index contributed by atoms with van der Waals surface area (Å²) in [6, 6.07) is 12.4. The van der Waals surface area contributed by atoms with Crippen LogP contribution >= 0.6 is 0 Å². The lowest BCUT2D eigenvalue weighted by molar-refractivity contribution is -0.143. The highest BCUT2D eigenvalue weighted by Gasteiger charge is 2.39. The molecule has 4 aromatic rings. The third-order valence-electron chi connectivity index (χ3n) is 7.84. The van der Waals surface area contributed by atoms with E-state index in [2.05, 4.69) is 10.1 Å². The van der Waals surface area contributed by atoms with E-state index < -0.39 is 29.7 Å². The van der Waals surface area contributed by atoms with Crippen molar-refractivity contribution in [1.29, 1.82) is 0 Å². The van der Waals surface area contributed by atoms with Gasteiger partial charge in [-0.25, -0.2) is 9.50 Å². The molecule has 13 heteroatoms. The number of ether oxygens (including phenoxy) is 1. The first-order chi connectivity index (χ1) is 20.4. The summed E-state index contributed by atoms with van der Waals surface area (Å²) < 4.78 is 48.8. The molecule has 0 saturated carbocycles. The number of nitrogens with two attached hydrogens (primary N) is 1. The van der Waals surface area contributed by atoms with Crippen LogP contribution in [0, 0.1) is 6.92 Å². The Labute approximate surface area is 245 Å². The number of primary amides is 1. The summed E-state index contributed by atoms with van der Waals surface area (Å²) in [5.74, 6) is -0.539. The molecule has 226 valence electrons. The van der Waals surface area contributed by atoms with Crippen molar-refractivity contribution in [1.82, 2.24) is 24.4 Å². The average Bonchev–Trinajstić information content (AvgIpc) is 3.39. The molecule has 2 atom stereocenters. The van der Waals surface area contributed by atoms with Crippen LogP contribution in [0.25, 0.3) is 16.9 Å². The number of fused-ring (bicyclic) bond motifs is 1. The summed E-state index contributed by atoms with van der Waals surface area (Å²) in [5.41, 5.74) is 5.59. The lowest BCUT2D eigenvalue weighted by atomic mass is 10.0. The maximum Gasteiger partial charge on any atom is 0.433 e. The second-order valence-corrected chi connectivity index (χ2v) is 10.5. The number of hydrogen-bond acceptors (Lipinski definition) is 7. The van der Waals surface area contributed by atoms with E-state index in [1.165, 1.54) is 14.0 Å². The van der Waals surface area contributed by atoms with Crippen molar-refractivity contribution in [2.24, 2.45) is 5.73 Å². The van der Waals surface area contributed by atoms with Gasteiger partial charge in [0.05, 0.1) is 31.6 Å². The molecule has 1 aliphatic heterocycles. The molecule has 0 spiro atoms. The Balaban J connectivity index is 1.47. The number of nitrogens with zero attached hydrogens (tertiary/aromatic N) is 5. The lowest BCUT2D eigenvalue weighted by Crippen LogP contribution is -2.55. The van der Waals surface area contributed by atoms with Crippen LogP contribution in [0.15, 0.2) is 54.7 Å². The first kappa shape index (κ1) is 30.0. The van der Waals surface area contributed by atoms with Gasteiger partial charge < -0.3 is 20.5 Å². The predicted molar refractivity (Wildman–Crippen MR) is 152 cm³/mol. The van der Waals surface area contributed by atoms with Gasteiger partial charge in [0.15, 0.2) is 11.3 Å². The van der Waals surface area contributed by atoms with E-state index in [1.54, 1.807) is 53.4 Å². The molecule has 0 aliphatic carbocycles. The van der Waals surface area contributed by atoms with Crippen LogP contribution in [-0.4, -0.2) is 80.7 Å². The van der Waals surface area contributed by atoms with E-state index >= 15 is 0 Å². The van der Waals surface area contributed by atoms with Crippen molar-refractivity contribution in [3.05, 3.63) is 82.7 Å². The molecule has 10 nitrogen and oxygen atoms in total. The minimum atomic E-state index is -4.76. The number of benzene rings is 2. The van der Waals surface area contributed by atoms with E-state index in [0.717, 1.165) is 6.20 Å². The quantitative estimate of drug-likeness (QED) is 0.333. The summed E-state index contributed by atoms with van der Waals surface area (Å²) in [6.07, 6.45) is -3.63. The third-order valence-corrected chi connectivity index (χ3v) is 7.84. The van der Waals surface area contributed by atoms with Gasteiger partial charge in [-0.05, 0) is 55.8 Å². The second-order valence-electron chi connectivity index (χ2n) is 10.5. The Morgan fingerprint density at radius 3 is 2.49 bits per heavy atom. The smallest absolute Gasteiger partial charge is 0.433 e. The van der Waals surface area contributed by atoms with Crippen molar-refractivity contribution < 1.29 is 32.6 Å². The number of aliphatic hydroxyl groups is 1. The van der Waals surface area contributed by atoms with Crippen molar-refractivity contribution in [2.75, 3.05) is 33.4 Å². The minimum Gasteiger partial charge on any atom is -0.497 e. The first-order valence-electron chi connectivity index (χ1n) is 13.6. The largest absolute Gasteiger partial charge is 0.497 e. The Hall–Kier alpha value is -4.49. The van der Waals surface area contributed by atoms with E-state index in [4.69, 9.17) is 10.5 Å². The molecule has 3 N–H and O–H groups in total. The molecular formula is C30H31F3N6O4.